The molecule has 19 heavy (non-hydrogen) atoms. The van der Waals surface area contributed by atoms with Crippen molar-refractivity contribution in [2.24, 2.45) is 5.92 Å². The highest BCUT2D eigenvalue weighted by molar-refractivity contribution is 5.88. The minimum absolute atomic E-state index is 0.0543. The molecule has 0 aromatic carbocycles. The van der Waals surface area contributed by atoms with Crippen LogP contribution >= 0.6 is 0 Å². The molecule has 7 heteroatoms. The van der Waals surface area contributed by atoms with Crippen molar-refractivity contribution in [1.29, 1.82) is 0 Å². The molecule has 2 rings (SSSR count). The van der Waals surface area contributed by atoms with Crippen molar-refractivity contribution in [3.05, 3.63) is 27.9 Å². The summed E-state index contributed by atoms with van der Waals surface area (Å²) in [5, 5.41) is 14.0. The lowest BCUT2D eigenvalue weighted by molar-refractivity contribution is -0.384. The van der Waals surface area contributed by atoms with Crippen LogP contribution in [-0.4, -0.2) is 29.0 Å². The van der Waals surface area contributed by atoms with E-state index in [1.807, 2.05) is 6.92 Å². The van der Waals surface area contributed by atoms with Gasteiger partial charge < -0.3 is 10.1 Å². The third-order valence-electron chi connectivity index (χ3n) is 3.16. The van der Waals surface area contributed by atoms with Crippen LogP contribution in [0.15, 0.2) is 12.1 Å². The fourth-order valence-electron chi connectivity index (χ4n) is 1.85. The lowest BCUT2D eigenvalue weighted by Gasteiger charge is -2.13. The van der Waals surface area contributed by atoms with Crippen molar-refractivity contribution in [2.45, 2.75) is 25.8 Å². The number of carbonyl (C=O) groups excluding carboxylic acids is 1. The Kier molecular flexibility index (Phi) is 3.64. The molecule has 1 atom stereocenters. The summed E-state index contributed by atoms with van der Waals surface area (Å²) in [6.07, 6.45) is 2.22. The third kappa shape index (κ3) is 2.98. The zero-order valence-electron chi connectivity index (χ0n) is 10.8. The van der Waals surface area contributed by atoms with Crippen LogP contribution < -0.4 is 5.32 Å². The normalized spacial score (nSPS) is 15.7. The van der Waals surface area contributed by atoms with E-state index in [4.69, 9.17) is 0 Å². The molecule has 1 heterocycles. The van der Waals surface area contributed by atoms with Crippen LogP contribution in [0.4, 0.5) is 11.5 Å². The van der Waals surface area contributed by atoms with Crippen LogP contribution in [0, 0.1) is 16.0 Å². The van der Waals surface area contributed by atoms with Crippen molar-refractivity contribution < 1.29 is 14.5 Å². The number of aromatic nitrogens is 1. The van der Waals surface area contributed by atoms with Crippen LogP contribution in [0.1, 0.15) is 30.3 Å². The SMILES string of the molecule is COC(=O)c1ccc([N+](=O)[O-])c(NC(C)C2CC2)n1. The number of methoxy groups -OCH3 is 1. The van der Waals surface area contributed by atoms with Crippen LogP contribution in [0.5, 0.6) is 0 Å². The minimum Gasteiger partial charge on any atom is -0.464 e. The Labute approximate surface area is 110 Å². The van der Waals surface area contributed by atoms with Gasteiger partial charge in [0.25, 0.3) is 0 Å². The number of anilines is 1. The van der Waals surface area contributed by atoms with E-state index in [9.17, 15) is 14.9 Å². The first kappa shape index (κ1) is 13.3. The molecule has 0 spiro atoms. The monoisotopic (exact) mass is 265 g/mol. The highest BCUT2D eigenvalue weighted by Crippen LogP contribution is 2.35. The summed E-state index contributed by atoms with van der Waals surface area (Å²) < 4.78 is 4.56. The predicted octanol–water partition coefficient (Wildman–Crippen LogP) is 1.99. The van der Waals surface area contributed by atoms with E-state index in [0.717, 1.165) is 12.8 Å². The number of rotatable bonds is 5. The van der Waals surface area contributed by atoms with Gasteiger partial charge >= 0.3 is 11.7 Å². The summed E-state index contributed by atoms with van der Waals surface area (Å²) in [6, 6.07) is 2.65. The number of hydrogen-bond donors (Lipinski definition) is 1. The number of pyridine rings is 1. The zero-order chi connectivity index (χ0) is 14.0. The molecule has 1 aliphatic carbocycles. The highest BCUT2D eigenvalue weighted by Gasteiger charge is 2.30. The van der Waals surface area contributed by atoms with E-state index in [0.29, 0.717) is 5.92 Å². The molecule has 1 aromatic heterocycles. The largest absolute Gasteiger partial charge is 0.464 e. The average molecular weight is 265 g/mol. The second-order valence-electron chi connectivity index (χ2n) is 4.58. The first-order valence-electron chi connectivity index (χ1n) is 6.03. The molecule has 7 nitrogen and oxygen atoms in total. The van der Waals surface area contributed by atoms with Gasteiger partial charge in [0.1, 0.15) is 0 Å². The van der Waals surface area contributed by atoms with Crippen LogP contribution in [0.3, 0.4) is 0 Å². The molecular weight excluding hydrogens is 250 g/mol. The summed E-state index contributed by atoms with van der Waals surface area (Å²) in [5.41, 5.74) is -0.0845. The summed E-state index contributed by atoms with van der Waals surface area (Å²) in [5.74, 6) is 0.0208. The van der Waals surface area contributed by atoms with Crippen molar-refractivity contribution in [3.8, 4) is 0 Å². The molecule has 1 saturated carbocycles. The quantitative estimate of drug-likeness (QED) is 0.497. The van der Waals surface area contributed by atoms with E-state index in [-0.39, 0.29) is 23.2 Å². The molecular formula is C12H15N3O4. The predicted molar refractivity (Wildman–Crippen MR) is 68.0 cm³/mol. The molecule has 1 fully saturated rings. The fourth-order valence-corrected chi connectivity index (χ4v) is 1.85. The lowest BCUT2D eigenvalue weighted by atomic mass is 10.2. The summed E-state index contributed by atoms with van der Waals surface area (Å²) in [6.45, 7) is 1.95. The van der Waals surface area contributed by atoms with Gasteiger partial charge in [-0.05, 0) is 31.7 Å². The average Bonchev–Trinajstić information content (AvgIpc) is 3.21. The maximum absolute atomic E-state index is 11.4. The molecule has 1 N–H and O–H groups in total. The molecule has 1 aliphatic rings. The number of nitrogens with one attached hydrogen (secondary N) is 1. The molecule has 0 amide bonds. The van der Waals surface area contributed by atoms with Crippen molar-refractivity contribution in [3.63, 3.8) is 0 Å². The Balaban J connectivity index is 2.29. The Morgan fingerprint density at radius 1 is 1.58 bits per heavy atom. The van der Waals surface area contributed by atoms with Crippen LogP contribution in [0.25, 0.3) is 0 Å². The Morgan fingerprint density at radius 2 is 2.26 bits per heavy atom. The van der Waals surface area contributed by atoms with E-state index in [1.165, 1.54) is 19.2 Å². The van der Waals surface area contributed by atoms with E-state index < -0.39 is 10.9 Å². The second-order valence-corrected chi connectivity index (χ2v) is 4.58. The first-order valence-corrected chi connectivity index (χ1v) is 6.03. The summed E-state index contributed by atoms with van der Waals surface area (Å²) in [4.78, 5) is 25.8. The maximum atomic E-state index is 11.4. The van der Waals surface area contributed by atoms with Gasteiger partial charge in [-0.3, -0.25) is 10.1 Å². The number of nitrogens with zero attached hydrogens (tertiary/aromatic N) is 2. The van der Waals surface area contributed by atoms with Crippen molar-refractivity contribution in [1.82, 2.24) is 4.98 Å². The van der Waals surface area contributed by atoms with E-state index >= 15 is 0 Å². The topological polar surface area (TPSA) is 94.4 Å². The van der Waals surface area contributed by atoms with Gasteiger partial charge in [-0.2, -0.15) is 0 Å². The second kappa shape index (κ2) is 5.21. The third-order valence-corrected chi connectivity index (χ3v) is 3.16. The number of esters is 1. The van der Waals surface area contributed by atoms with E-state index in [2.05, 4.69) is 15.0 Å². The number of carbonyl (C=O) groups is 1. The molecule has 0 radical (unpaired) electrons. The molecule has 0 bridgehead atoms. The summed E-state index contributed by atoms with van der Waals surface area (Å²) in [7, 11) is 1.24. The van der Waals surface area contributed by atoms with Gasteiger partial charge in [-0.15, -0.1) is 0 Å². The summed E-state index contributed by atoms with van der Waals surface area (Å²) >= 11 is 0. The van der Waals surface area contributed by atoms with Gasteiger partial charge in [0.05, 0.1) is 12.0 Å². The maximum Gasteiger partial charge on any atom is 0.356 e. The van der Waals surface area contributed by atoms with Gasteiger partial charge in [0.15, 0.2) is 5.69 Å². The Bertz CT molecular complexity index is 514. The minimum atomic E-state index is -0.614. The van der Waals surface area contributed by atoms with Gasteiger partial charge in [0.2, 0.25) is 5.82 Å². The van der Waals surface area contributed by atoms with Gasteiger partial charge in [0, 0.05) is 12.1 Å². The van der Waals surface area contributed by atoms with Crippen molar-refractivity contribution >= 4 is 17.5 Å². The van der Waals surface area contributed by atoms with Crippen LogP contribution in [-0.2, 0) is 4.74 Å². The standard InChI is InChI=1S/C12H15N3O4/c1-7(8-3-4-8)13-11-10(15(17)18)6-5-9(14-11)12(16)19-2/h5-8H,3-4H2,1-2H3,(H,13,14). The smallest absolute Gasteiger partial charge is 0.356 e. The molecule has 1 unspecified atom stereocenters. The van der Waals surface area contributed by atoms with E-state index in [1.54, 1.807) is 0 Å². The Hall–Kier alpha value is -2.18. The molecule has 102 valence electrons. The number of hydrogen-bond acceptors (Lipinski definition) is 6. The first-order chi connectivity index (χ1) is 9.02. The molecule has 0 saturated heterocycles. The molecule has 0 aliphatic heterocycles. The zero-order valence-corrected chi connectivity index (χ0v) is 10.8. The lowest BCUT2D eigenvalue weighted by Crippen LogP contribution is -2.20. The molecule has 1 aromatic rings. The van der Waals surface area contributed by atoms with Gasteiger partial charge in [-0.25, -0.2) is 9.78 Å². The Morgan fingerprint density at radius 3 is 2.79 bits per heavy atom. The fraction of sp³-hybridized carbons (Fsp3) is 0.500. The van der Waals surface area contributed by atoms with Crippen LogP contribution in [0.2, 0.25) is 0 Å². The number of nitro groups is 1. The number of ether oxygens (including phenoxy) is 1. The van der Waals surface area contributed by atoms with Gasteiger partial charge in [-0.1, -0.05) is 0 Å². The highest BCUT2D eigenvalue weighted by atomic mass is 16.6. The van der Waals surface area contributed by atoms with Crippen molar-refractivity contribution in [2.75, 3.05) is 12.4 Å².